The van der Waals surface area contributed by atoms with Crippen molar-refractivity contribution in [1.82, 2.24) is 0 Å². The Morgan fingerprint density at radius 2 is 1.62 bits per heavy atom. The summed E-state index contributed by atoms with van der Waals surface area (Å²) >= 11 is 0. The maximum absolute atomic E-state index is 10.3. The first-order valence-electron chi connectivity index (χ1n) is 8.57. The van der Waals surface area contributed by atoms with E-state index in [0.717, 1.165) is 12.3 Å². The number of rotatable bonds is 14. The third-order valence-corrected chi connectivity index (χ3v) is 3.66. The normalized spacial score (nSPS) is 13.1. The molecule has 0 rings (SSSR count). The zero-order valence-corrected chi connectivity index (χ0v) is 13.9. The molecule has 2 N–H and O–H groups in total. The highest BCUT2D eigenvalue weighted by molar-refractivity contribution is 5.66. The van der Waals surface area contributed by atoms with Gasteiger partial charge in [-0.25, -0.2) is 0 Å². The number of aliphatic hydroxyl groups is 1. The predicted octanol–water partition coefficient (Wildman–Crippen LogP) is 4.94. The van der Waals surface area contributed by atoms with Gasteiger partial charge in [-0.15, -0.1) is 0 Å². The zero-order chi connectivity index (χ0) is 15.9. The molecular weight excluding hydrogens is 264 g/mol. The first-order chi connectivity index (χ1) is 10.0. The molecule has 0 amide bonds. The standard InChI is InChI=1S/C18H34O3/c1-16(2)12-9-7-5-3-4-6-8-10-13-17(19)14-11-15-18(20)21/h8,10,16-17,19H,3-7,9,11-15H2,1-2H3,(H,20,21)/t17-/m0/s1. The first-order valence-corrected chi connectivity index (χ1v) is 8.57. The van der Waals surface area contributed by atoms with E-state index in [0.29, 0.717) is 19.3 Å². The lowest BCUT2D eigenvalue weighted by Gasteiger charge is -2.06. The van der Waals surface area contributed by atoms with Crippen molar-refractivity contribution in [3.05, 3.63) is 12.2 Å². The topological polar surface area (TPSA) is 57.5 Å². The van der Waals surface area contributed by atoms with Crippen LogP contribution in [-0.4, -0.2) is 22.3 Å². The van der Waals surface area contributed by atoms with Crippen LogP contribution in [-0.2, 0) is 4.79 Å². The molecule has 0 bridgehead atoms. The molecule has 0 aromatic heterocycles. The fourth-order valence-electron chi connectivity index (χ4n) is 2.32. The van der Waals surface area contributed by atoms with E-state index >= 15 is 0 Å². The van der Waals surface area contributed by atoms with Crippen molar-refractivity contribution in [3.8, 4) is 0 Å². The molecule has 0 radical (unpaired) electrons. The number of unbranched alkanes of at least 4 members (excludes halogenated alkanes) is 5. The Morgan fingerprint density at radius 1 is 0.952 bits per heavy atom. The highest BCUT2D eigenvalue weighted by atomic mass is 16.4. The van der Waals surface area contributed by atoms with Crippen molar-refractivity contribution in [2.45, 2.75) is 90.6 Å². The summed E-state index contributed by atoms with van der Waals surface area (Å²) in [7, 11) is 0. The fraction of sp³-hybridized carbons (Fsp3) is 0.833. The smallest absolute Gasteiger partial charge is 0.303 e. The second-order valence-electron chi connectivity index (χ2n) is 6.39. The zero-order valence-electron chi connectivity index (χ0n) is 13.9. The molecule has 0 aliphatic heterocycles. The Balaban J connectivity index is 3.30. The van der Waals surface area contributed by atoms with Gasteiger partial charge in [0.05, 0.1) is 6.10 Å². The number of aliphatic hydroxyl groups excluding tert-OH is 1. The lowest BCUT2D eigenvalue weighted by Crippen LogP contribution is -2.06. The summed E-state index contributed by atoms with van der Waals surface area (Å²) in [5.74, 6) is 0.0426. The number of allylic oxidation sites excluding steroid dienone is 1. The van der Waals surface area contributed by atoms with Gasteiger partial charge in [-0.05, 0) is 38.0 Å². The number of carboxylic acids is 1. The summed E-state index contributed by atoms with van der Waals surface area (Å²) in [6.07, 6.45) is 14.7. The van der Waals surface area contributed by atoms with Crippen molar-refractivity contribution in [2.24, 2.45) is 5.92 Å². The number of aliphatic carboxylic acids is 1. The molecule has 3 nitrogen and oxygen atoms in total. The molecule has 0 heterocycles. The van der Waals surface area contributed by atoms with Gasteiger partial charge >= 0.3 is 5.97 Å². The van der Waals surface area contributed by atoms with Crippen LogP contribution in [0.1, 0.15) is 84.5 Å². The van der Waals surface area contributed by atoms with Crippen LogP contribution in [0.3, 0.4) is 0 Å². The molecule has 1 atom stereocenters. The highest BCUT2D eigenvalue weighted by Gasteiger charge is 2.03. The second kappa shape index (κ2) is 14.1. The molecule has 0 fully saturated rings. The van der Waals surface area contributed by atoms with Crippen LogP contribution in [0.25, 0.3) is 0 Å². The van der Waals surface area contributed by atoms with Crippen molar-refractivity contribution >= 4 is 5.97 Å². The minimum Gasteiger partial charge on any atom is -0.481 e. The van der Waals surface area contributed by atoms with Crippen LogP contribution < -0.4 is 0 Å². The maximum atomic E-state index is 10.3. The van der Waals surface area contributed by atoms with Crippen LogP contribution >= 0.6 is 0 Å². The van der Waals surface area contributed by atoms with Gasteiger partial charge in [0, 0.05) is 6.42 Å². The molecule has 0 aliphatic carbocycles. The Kier molecular flexibility index (Phi) is 13.6. The van der Waals surface area contributed by atoms with E-state index in [4.69, 9.17) is 5.11 Å². The monoisotopic (exact) mass is 298 g/mol. The van der Waals surface area contributed by atoms with Crippen molar-refractivity contribution in [1.29, 1.82) is 0 Å². The highest BCUT2D eigenvalue weighted by Crippen LogP contribution is 2.12. The lowest BCUT2D eigenvalue weighted by atomic mass is 10.0. The minimum atomic E-state index is -0.786. The van der Waals surface area contributed by atoms with E-state index in [2.05, 4.69) is 19.9 Å². The summed E-state index contributed by atoms with van der Waals surface area (Å²) in [5, 5.41) is 18.2. The van der Waals surface area contributed by atoms with E-state index in [-0.39, 0.29) is 6.42 Å². The molecule has 0 aromatic rings. The second-order valence-corrected chi connectivity index (χ2v) is 6.39. The third-order valence-electron chi connectivity index (χ3n) is 3.66. The predicted molar refractivity (Wildman–Crippen MR) is 88.4 cm³/mol. The minimum absolute atomic E-state index is 0.150. The number of carbonyl (C=O) groups is 1. The van der Waals surface area contributed by atoms with Gasteiger partial charge in [0.15, 0.2) is 0 Å². The Hall–Kier alpha value is -0.830. The van der Waals surface area contributed by atoms with Crippen LogP contribution in [0.15, 0.2) is 12.2 Å². The molecule has 0 saturated heterocycles. The molecule has 3 heteroatoms. The van der Waals surface area contributed by atoms with Gasteiger partial charge in [-0.2, -0.15) is 0 Å². The number of hydrogen-bond donors (Lipinski definition) is 2. The summed E-state index contributed by atoms with van der Waals surface area (Å²) in [6.45, 7) is 4.56. The Labute approximate surface area is 130 Å². The lowest BCUT2D eigenvalue weighted by molar-refractivity contribution is -0.137. The largest absolute Gasteiger partial charge is 0.481 e. The summed E-state index contributed by atoms with van der Waals surface area (Å²) in [5.41, 5.74) is 0. The Morgan fingerprint density at radius 3 is 2.29 bits per heavy atom. The van der Waals surface area contributed by atoms with Gasteiger partial charge in [0.25, 0.3) is 0 Å². The molecule has 21 heavy (non-hydrogen) atoms. The molecular formula is C18H34O3. The van der Waals surface area contributed by atoms with E-state index in [1.807, 2.05) is 6.08 Å². The quantitative estimate of drug-likeness (QED) is 0.353. The molecule has 0 aromatic carbocycles. The van der Waals surface area contributed by atoms with Crippen LogP contribution in [0.5, 0.6) is 0 Å². The van der Waals surface area contributed by atoms with Gasteiger partial charge in [-0.1, -0.05) is 58.1 Å². The van der Waals surface area contributed by atoms with Crippen molar-refractivity contribution < 1.29 is 15.0 Å². The average molecular weight is 298 g/mol. The first kappa shape index (κ1) is 20.2. The van der Waals surface area contributed by atoms with Crippen molar-refractivity contribution in [3.63, 3.8) is 0 Å². The average Bonchev–Trinajstić information content (AvgIpc) is 2.40. The van der Waals surface area contributed by atoms with Crippen LogP contribution in [0.4, 0.5) is 0 Å². The fourth-order valence-corrected chi connectivity index (χ4v) is 2.32. The third kappa shape index (κ3) is 17.1. The van der Waals surface area contributed by atoms with Gasteiger partial charge in [0.2, 0.25) is 0 Å². The van der Waals surface area contributed by atoms with Crippen LogP contribution in [0.2, 0.25) is 0 Å². The number of hydrogen-bond acceptors (Lipinski definition) is 2. The van der Waals surface area contributed by atoms with E-state index in [1.54, 1.807) is 0 Å². The molecule has 0 spiro atoms. The van der Waals surface area contributed by atoms with Crippen LogP contribution in [0, 0.1) is 5.92 Å². The molecule has 0 aliphatic rings. The SMILES string of the molecule is CC(C)CCCCCCCC=CC[C@H](O)CCCC(=O)O. The van der Waals surface area contributed by atoms with E-state index in [9.17, 15) is 9.90 Å². The molecule has 124 valence electrons. The van der Waals surface area contributed by atoms with Gasteiger partial charge in [-0.3, -0.25) is 4.79 Å². The van der Waals surface area contributed by atoms with Crippen molar-refractivity contribution in [2.75, 3.05) is 0 Å². The maximum Gasteiger partial charge on any atom is 0.303 e. The Bertz CT molecular complexity index is 272. The van der Waals surface area contributed by atoms with E-state index < -0.39 is 12.1 Å². The summed E-state index contributed by atoms with van der Waals surface area (Å²) in [6, 6.07) is 0. The van der Waals surface area contributed by atoms with E-state index in [1.165, 1.54) is 38.5 Å². The van der Waals surface area contributed by atoms with Gasteiger partial charge < -0.3 is 10.2 Å². The molecule has 0 unspecified atom stereocenters. The summed E-state index contributed by atoms with van der Waals surface area (Å²) < 4.78 is 0. The van der Waals surface area contributed by atoms with Gasteiger partial charge in [0.1, 0.15) is 0 Å². The number of carboxylic acid groups (broad SMARTS) is 1. The summed E-state index contributed by atoms with van der Waals surface area (Å²) in [4.78, 5) is 10.3. The molecule has 0 saturated carbocycles.